The molecule has 0 aliphatic heterocycles. The Balaban J connectivity index is 1.15. The number of fused-ring (bicyclic) bond motifs is 6. The van der Waals surface area contributed by atoms with Gasteiger partial charge in [-0.05, 0) is 103 Å². The monoisotopic (exact) mass is 970 g/mol. The van der Waals surface area contributed by atoms with Crippen molar-refractivity contribution in [2.45, 2.75) is 0 Å². The standard InChI is InChI=1S/C72H50N2Si/c1-6-24-51(25-7-1)53-28-20-30-55(48-53)61-40-22-41-62(56-31-21-29-54(49-56)52-26-8-2-9-27-52)72(61)74-68-47-46-57(73-66-42-18-16-38-63(66)64-39-17-19-43-67(64)73)50-65(68)71-69(74)44-23-45-70(71)75(58-32-10-3-11-33-58,59-34-12-4-13-35-59)60-36-14-5-15-37-60/h1-50H. The van der Waals surface area contributed by atoms with Crippen molar-refractivity contribution in [3.8, 4) is 55.9 Å². The van der Waals surface area contributed by atoms with E-state index < -0.39 is 8.07 Å². The Hall–Kier alpha value is -9.54. The van der Waals surface area contributed by atoms with Gasteiger partial charge in [0.1, 0.15) is 0 Å². The van der Waals surface area contributed by atoms with Gasteiger partial charge in [0.15, 0.2) is 8.07 Å². The summed E-state index contributed by atoms with van der Waals surface area (Å²) in [7, 11) is -3.11. The van der Waals surface area contributed by atoms with E-state index in [-0.39, 0.29) is 0 Å². The molecule has 0 saturated heterocycles. The molecular weight excluding hydrogens is 921 g/mol. The zero-order chi connectivity index (χ0) is 49.7. The van der Waals surface area contributed by atoms with Crippen molar-refractivity contribution in [1.29, 1.82) is 0 Å². The van der Waals surface area contributed by atoms with Crippen LogP contribution in [0.15, 0.2) is 303 Å². The highest BCUT2D eigenvalue weighted by Gasteiger charge is 2.43. The molecule has 0 bridgehead atoms. The summed E-state index contributed by atoms with van der Waals surface area (Å²) in [6.07, 6.45) is 0. The highest BCUT2D eigenvalue weighted by Crippen LogP contribution is 2.44. The van der Waals surface area contributed by atoms with Gasteiger partial charge < -0.3 is 9.13 Å². The minimum atomic E-state index is -3.11. The molecule has 12 aromatic carbocycles. The largest absolute Gasteiger partial charge is 0.309 e. The molecule has 2 aromatic heterocycles. The van der Waals surface area contributed by atoms with Gasteiger partial charge in [0.2, 0.25) is 0 Å². The maximum atomic E-state index is 2.61. The lowest BCUT2D eigenvalue weighted by Gasteiger charge is -2.35. The second-order valence-electron chi connectivity index (χ2n) is 19.5. The van der Waals surface area contributed by atoms with Crippen LogP contribution in [-0.4, -0.2) is 17.2 Å². The highest BCUT2D eigenvalue weighted by atomic mass is 28.3. The van der Waals surface area contributed by atoms with Crippen molar-refractivity contribution < 1.29 is 0 Å². The lowest BCUT2D eigenvalue weighted by molar-refractivity contribution is 1.17. The molecule has 0 amide bonds. The Labute approximate surface area is 438 Å². The zero-order valence-corrected chi connectivity index (χ0v) is 42.3. The number of hydrogen-bond acceptors (Lipinski definition) is 0. The molecule has 2 nitrogen and oxygen atoms in total. The summed E-state index contributed by atoms with van der Waals surface area (Å²) in [5, 5.41) is 10.3. The summed E-state index contributed by atoms with van der Waals surface area (Å²) in [5.74, 6) is 0. The van der Waals surface area contributed by atoms with Crippen molar-refractivity contribution in [3.05, 3.63) is 303 Å². The molecule has 0 aliphatic carbocycles. The van der Waals surface area contributed by atoms with E-state index in [9.17, 15) is 0 Å². The fraction of sp³-hybridized carbons (Fsp3) is 0. The molecule has 0 saturated carbocycles. The Morgan fingerprint density at radius 3 is 1.13 bits per heavy atom. The summed E-state index contributed by atoms with van der Waals surface area (Å²) in [5.41, 5.74) is 16.3. The highest BCUT2D eigenvalue weighted by molar-refractivity contribution is 7.20. The molecular formula is C72H50N2Si. The molecule has 0 N–H and O–H groups in total. The van der Waals surface area contributed by atoms with Gasteiger partial charge >= 0.3 is 0 Å². The summed E-state index contributed by atoms with van der Waals surface area (Å²) >= 11 is 0. The molecule has 3 heteroatoms. The number of nitrogens with zero attached hydrogens (tertiary/aromatic N) is 2. The third-order valence-corrected chi connectivity index (χ3v) is 20.3. The minimum absolute atomic E-state index is 1.12. The molecule has 14 rings (SSSR count). The van der Waals surface area contributed by atoms with Crippen LogP contribution in [0.4, 0.5) is 0 Å². The number of para-hydroxylation sites is 3. The van der Waals surface area contributed by atoms with E-state index in [0.29, 0.717) is 0 Å². The van der Waals surface area contributed by atoms with Gasteiger partial charge in [0.05, 0.1) is 27.8 Å². The average Bonchev–Trinajstić information content (AvgIpc) is 4.12. The van der Waals surface area contributed by atoms with Gasteiger partial charge in [-0.2, -0.15) is 0 Å². The van der Waals surface area contributed by atoms with Crippen LogP contribution in [0.1, 0.15) is 0 Å². The van der Waals surface area contributed by atoms with Crippen LogP contribution in [0.25, 0.3) is 99.5 Å². The van der Waals surface area contributed by atoms with E-state index in [1.165, 1.54) is 75.6 Å². The third-order valence-electron chi connectivity index (χ3n) is 15.5. The van der Waals surface area contributed by atoms with Crippen molar-refractivity contribution in [2.24, 2.45) is 0 Å². The summed E-state index contributed by atoms with van der Waals surface area (Å²) in [6.45, 7) is 0. The number of benzene rings is 12. The maximum Gasteiger partial charge on any atom is 0.180 e. The fourth-order valence-corrected chi connectivity index (χ4v) is 17.2. The van der Waals surface area contributed by atoms with E-state index >= 15 is 0 Å². The number of hydrogen-bond donors (Lipinski definition) is 0. The molecule has 0 aliphatic rings. The van der Waals surface area contributed by atoms with Gasteiger partial charge in [0, 0.05) is 38.4 Å². The number of aromatic nitrogens is 2. The first-order chi connectivity index (χ1) is 37.2. The first kappa shape index (κ1) is 44.2. The van der Waals surface area contributed by atoms with Crippen LogP contribution in [0.5, 0.6) is 0 Å². The molecule has 0 atom stereocenters. The van der Waals surface area contributed by atoms with Crippen molar-refractivity contribution >= 4 is 72.4 Å². The molecule has 0 radical (unpaired) electrons. The van der Waals surface area contributed by atoms with Crippen LogP contribution in [0, 0.1) is 0 Å². The normalized spacial score (nSPS) is 11.7. The first-order valence-electron chi connectivity index (χ1n) is 25.9. The Morgan fingerprint density at radius 2 is 0.627 bits per heavy atom. The summed E-state index contributed by atoms with van der Waals surface area (Å²) in [4.78, 5) is 0. The second-order valence-corrected chi connectivity index (χ2v) is 23.3. The number of rotatable bonds is 10. The van der Waals surface area contributed by atoms with Crippen LogP contribution in [0.3, 0.4) is 0 Å². The van der Waals surface area contributed by atoms with E-state index in [1.807, 2.05) is 0 Å². The lowest BCUT2D eigenvalue weighted by atomic mass is 9.92. The minimum Gasteiger partial charge on any atom is -0.309 e. The van der Waals surface area contributed by atoms with Gasteiger partial charge in [-0.3, -0.25) is 0 Å². The van der Waals surface area contributed by atoms with Crippen molar-refractivity contribution in [2.75, 3.05) is 0 Å². The topological polar surface area (TPSA) is 9.86 Å². The van der Waals surface area contributed by atoms with E-state index in [0.717, 1.165) is 44.7 Å². The Morgan fingerprint density at radius 1 is 0.240 bits per heavy atom. The molecule has 0 fully saturated rings. The quantitative estimate of drug-likeness (QED) is 0.0955. The predicted molar refractivity (Wildman–Crippen MR) is 320 cm³/mol. The maximum absolute atomic E-state index is 3.11. The van der Waals surface area contributed by atoms with Crippen LogP contribution in [-0.2, 0) is 0 Å². The second kappa shape index (κ2) is 18.5. The SMILES string of the molecule is c1ccc(-c2cccc(-c3cccc(-c4cccc(-c5ccccc5)c4)c3-n3c4ccc(-n5c6ccccc6c6ccccc65)cc4c4c([Si](c5ccccc5)(c5ccccc5)c5ccccc5)cccc43)c2)cc1. The molecule has 2 heterocycles. The van der Waals surface area contributed by atoms with Gasteiger partial charge in [0.25, 0.3) is 0 Å². The van der Waals surface area contributed by atoms with Crippen LogP contribution in [0.2, 0.25) is 0 Å². The smallest absolute Gasteiger partial charge is 0.180 e. The summed E-state index contributed by atoms with van der Waals surface area (Å²) in [6, 6.07) is 113. The fourth-order valence-electron chi connectivity index (χ4n) is 12.2. The van der Waals surface area contributed by atoms with E-state index in [4.69, 9.17) is 0 Å². The van der Waals surface area contributed by atoms with Gasteiger partial charge in [-0.1, -0.05) is 255 Å². The molecule has 0 unspecified atom stereocenters. The van der Waals surface area contributed by atoms with Crippen LogP contribution >= 0.6 is 0 Å². The van der Waals surface area contributed by atoms with E-state index in [2.05, 4.69) is 312 Å². The third kappa shape index (κ3) is 7.31. The molecule has 352 valence electrons. The lowest BCUT2D eigenvalue weighted by Crippen LogP contribution is -2.74. The van der Waals surface area contributed by atoms with Crippen molar-refractivity contribution in [3.63, 3.8) is 0 Å². The Bertz CT molecular complexity index is 4140. The predicted octanol–water partition coefficient (Wildman–Crippen LogP) is 15.9. The molecule has 14 aromatic rings. The zero-order valence-electron chi connectivity index (χ0n) is 41.3. The van der Waals surface area contributed by atoms with Crippen molar-refractivity contribution in [1.82, 2.24) is 9.13 Å². The van der Waals surface area contributed by atoms with Gasteiger partial charge in [-0.25, -0.2) is 0 Å². The molecule has 75 heavy (non-hydrogen) atoms. The Kier molecular flexibility index (Phi) is 10.9. The van der Waals surface area contributed by atoms with Gasteiger partial charge in [-0.15, -0.1) is 0 Å². The van der Waals surface area contributed by atoms with Crippen LogP contribution < -0.4 is 20.7 Å². The van der Waals surface area contributed by atoms with E-state index in [1.54, 1.807) is 0 Å². The average molecular weight is 971 g/mol. The molecule has 0 spiro atoms. The summed E-state index contributed by atoms with van der Waals surface area (Å²) < 4.78 is 5.08. The first-order valence-corrected chi connectivity index (χ1v) is 27.9.